The van der Waals surface area contributed by atoms with Crippen molar-refractivity contribution in [1.29, 1.82) is 0 Å². The Morgan fingerprint density at radius 2 is 1.83 bits per heavy atom. The zero-order valence-corrected chi connectivity index (χ0v) is 15.0. The highest BCUT2D eigenvalue weighted by molar-refractivity contribution is 7.10. The first-order valence-electron chi connectivity index (χ1n) is 7.67. The Hall–Kier alpha value is -2.18. The summed E-state index contributed by atoms with van der Waals surface area (Å²) in [5.74, 6) is -0.124. The predicted molar refractivity (Wildman–Crippen MR) is 97.9 cm³/mol. The number of aromatic nitrogens is 1. The number of carbonyl (C=O) groups is 2. The van der Waals surface area contributed by atoms with Gasteiger partial charge < -0.3 is 9.88 Å². The van der Waals surface area contributed by atoms with Crippen LogP contribution in [0.2, 0.25) is 0 Å². The number of hydrogen-bond acceptors (Lipinski definition) is 4. The quantitative estimate of drug-likeness (QED) is 0.643. The van der Waals surface area contributed by atoms with Crippen LogP contribution in [0.1, 0.15) is 37.5 Å². The van der Waals surface area contributed by atoms with Gasteiger partial charge in [0.15, 0.2) is 5.78 Å². The van der Waals surface area contributed by atoms with E-state index in [1.807, 2.05) is 33.9 Å². The minimum Gasteiger partial charge on any atom is -0.356 e. The van der Waals surface area contributed by atoms with Gasteiger partial charge in [-0.2, -0.15) is 0 Å². The molecule has 0 aliphatic heterocycles. The number of nitrogens with one attached hydrogen (secondary N) is 1. The average Bonchev–Trinajstić information content (AvgIpc) is 3.33. The van der Waals surface area contributed by atoms with Crippen molar-refractivity contribution in [2.24, 2.45) is 0 Å². The second-order valence-corrected chi connectivity index (χ2v) is 7.56. The zero-order valence-electron chi connectivity index (χ0n) is 13.3. The summed E-state index contributed by atoms with van der Waals surface area (Å²) in [6, 6.07) is 9.77. The first kappa shape index (κ1) is 16.7. The number of Topliss-reactive ketones (excluding diaryl/α,β-unsaturated/α-hetero) is 1. The van der Waals surface area contributed by atoms with Crippen LogP contribution in [0.3, 0.4) is 0 Å². The Labute approximate surface area is 148 Å². The predicted octanol–water partition coefficient (Wildman–Crippen LogP) is 4.23. The molecule has 3 aromatic heterocycles. The minimum atomic E-state index is -0.0764. The smallest absolute Gasteiger partial charge is 0.270 e. The Morgan fingerprint density at radius 1 is 1.12 bits per heavy atom. The van der Waals surface area contributed by atoms with E-state index in [0.29, 0.717) is 24.3 Å². The summed E-state index contributed by atoms with van der Waals surface area (Å²) in [6.07, 6.45) is 2.42. The van der Waals surface area contributed by atoms with E-state index in [0.717, 1.165) is 11.3 Å². The largest absolute Gasteiger partial charge is 0.356 e. The van der Waals surface area contributed by atoms with Crippen LogP contribution in [0.5, 0.6) is 0 Å². The highest BCUT2D eigenvalue weighted by atomic mass is 32.1. The Bertz CT molecular complexity index is 804. The van der Waals surface area contributed by atoms with Crippen molar-refractivity contribution in [3.05, 3.63) is 68.3 Å². The fourth-order valence-corrected chi connectivity index (χ4v) is 3.85. The summed E-state index contributed by atoms with van der Waals surface area (Å²) >= 11 is 3.34. The molecule has 124 valence electrons. The molecule has 0 spiro atoms. The fourth-order valence-electron chi connectivity index (χ4n) is 2.43. The number of aromatic amines is 1. The molecule has 0 saturated carbocycles. The average molecular weight is 358 g/mol. The van der Waals surface area contributed by atoms with E-state index in [1.54, 1.807) is 34.9 Å². The Balaban J connectivity index is 1.76. The maximum absolute atomic E-state index is 12.9. The topological polar surface area (TPSA) is 53.2 Å². The number of amides is 1. The number of nitrogens with zero attached hydrogens (tertiary/aromatic N) is 1. The summed E-state index contributed by atoms with van der Waals surface area (Å²) in [7, 11) is 0. The van der Waals surface area contributed by atoms with Crippen molar-refractivity contribution in [2.75, 3.05) is 6.54 Å². The van der Waals surface area contributed by atoms with Gasteiger partial charge >= 0.3 is 0 Å². The number of carbonyl (C=O) groups excluding carboxylic acids is 2. The Kier molecular flexibility index (Phi) is 5.27. The van der Waals surface area contributed by atoms with E-state index in [2.05, 4.69) is 11.1 Å². The summed E-state index contributed by atoms with van der Waals surface area (Å²) in [4.78, 5) is 31.5. The van der Waals surface area contributed by atoms with Crippen LogP contribution in [-0.2, 0) is 13.0 Å². The van der Waals surface area contributed by atoms with Gasteiger partial charge in [-0.1, -0.05) is 12.1 Å². The molecule has 0 fully saturated rings. The molecule has 3 rings (SSSR count). The Morgan fingerprint density at radius 3 is 2.42 bits per heavy atom. The van der Waals surface area contributed by atoms with E-state index < -0.39 is 0 Å². The van der Waals surface area contributed by atoms with Gasteiger partial charge in [0.1, 0.15) is 5.69 Å². The van der Waals surface area contributed by atoms with E-state index in [1.165, 1.54) is 11.8 Å². The maximum Gasteiger partial charge on any atom is 0.270 e. The van der Waals surface area contributed by atoms with Crippen LogP contribution in [0.15, 0.2) is 47.3 Å². The van der Waals surface area contributed by atoms with Crippen molar-refractivity contribution < 1.29 is 9.59 Å². The van der Waals surface area contributed by atoms with Crippen molar-refractivity contribution in [3.63, 3.8) is 0 Å². The van der Waals surface area contributed by atoms with Gasteiger partial charge in [0.2, 0.25) is 0 Å². The molecule has 0 aromatic carbocycles. The van der Waals surface area contributed by atoms with Crippen LogP contribution in [-0.4, -0.2) is 28.1 Å². The fraction of sp³-hybridized carbons (Fsp3) is 0.222. The van der Waals surface area contributed by atoms with Gasteiger partial charge in [-0.25, -0.2) is 0 Å². The van der Waals surface area contributed by atoms with Crippen LogP contribution in [0.25, 0.3) is 0 Å². The van der Waals surface area contributed by atoms with Crippen molar-refractivity contribution in [3.8, 4) is 0 Å². The van der Waals surface area contributed by atoms with Gasteiger partial charge in [-0.3, -0.25) is 9.59 Å². The summed E-state index contributed by atoms with van der Waals surface area (Å²) in [5, 5.41) is 4.06. The lowest BCUT2D eigenvalue weighted by Gasteiger charge is -2.21. The van der Waals surface area contributed by atoms with E-state index >= 15 is 0 Å². The second-order valence-electron chi connectivity index (χ2n) is 5.49. The molecule has 1 amide bonds. The van der Waals surface area contributed by atoms with E-state index in [4.69, 9.17) is 0 Å². The number of hydrogen-bond donors (Lipinski definition) is 1. The van der Waals surface area contributed by atoms with Crippen molar-refractivity contribution in [2.45, 2.75) is 19.9 Å². The molecule has 0 unspecified atom stereocenters. The van der Waals surface area contributed by atoms with Crippen molar-refractivity contribution >= 4 is 34.4 Å². The standard InChI is InChI=1S/C18H18N2O2S2/c1-13(21)14-10-17(19-11-14)18(22)20(12-16-5-3-9-24-16)7-6-15-4-2-8-23-15/h2-5,8-11,19H,6-7,12H2,1H3. The summed E-state index contributed by atoms with van der Waals surface area (Å²) < 4.78 is 0. The van der Waals surface area contributed by atoms with Gasteiger partial charge in [0.25, 0.3) is 5.91 Å². The van der Waals surface area contributed by atoms with Gasteiger partial charge in [-0.05, 0) is 42.3 Å². The molecular formula is C18H18N2O2S2. The van der Waals surface area contributed by atoms with Crippen LogP contribution < -0.4 is 0 Å². The first-order chi connectivity index (χ1) is 11.6. The lowest BCUT2D eigenvalue weighted by Crippen LogP contribution is -2.32. The van der Waals surface area contributed by atoms with Crippen LogP contribution in [0.4, 0.5) is 0 Å². The molecule has 0 aliphatic carbocycles. The molecule has 24 heavy (non-hydrogen) atoms. The molecule has 1 N–H and O–H groups in total. The number of rotatable bonds is 7. The monoisotopic (exact) mass is 358 g/mol. The van der Waals surface area contributed by atoms with E-state index in [9.17, 15) is 9.59 Å². The van der Waals surface area contributed by atoms with Crippen molar-refractivity contribution in [1.82, 2.24) is 9.88 Å². The molecule has 0 bridgehead atoms. The highest BCUT2D eigenvalue weighted by Crippen LogP contribution is 2.17. The molecule has 0 aliphatic rings. The molecule has 0 radical (unpaired) electrons. The second kappa shape index (κ2) is 7.59. The summed E-state index contributed by atoms with van der Waals surface area (Å²) in [5.41, 5.74) is 0.996. The minimum absolute atomic E-state index is 0.0475. The van der Waals surface area contributed by atoms with Gasteiger partial charge in [-0.15, -0.1) is 22.7 Å². The number of thiophene rings is 2. The first-order valence-corrected chi connectivity index (χ1v) is 9.43. The van der Waals surface area contributed by atoms with Gasteiger partial charge in [0, 0.05) is 28.1 Å². The molecular weight excluding hydrogens is 340 g/mol. The van der Waals surface area contributed by atoms with E-state index in [-0.39, 0.29) is 11.7 Å². The SMILES string of the molecule is CC(=O)c1c[nH]c(C(=O)N(CCc2cccs2)Cc2cccs2)c1. The summed E-state index contributed by atoms with van der Waals surface area (Å²) in [6.45, 7) is 2.72. The molecule has 0 saturated heterocycles. The third kappa shape index (κ3) is 4.01. The molecule has 4 nitrogen and oxygen atoms in total. The zero-order chi connectivity index (χ0) is 16.9. The van der Waals surface area contributed by atoms with Gasteiger partial charge in [0.05, 0.1) is 6.54 Å². The maximum atomic E-state index is 12.9. The number of H-pyrrole nitrogens is 1. The molecule has 3 aromatic rings. The molecule has 0 atom stereocenters. The van der Waals surface area contributed by atoms with Crippen LogP contribution >= 0.6 is 22.7 Å². The normalized spacial score (nSPS) is 10.7. The lowest BCUT2D eigenvalue weighted by atomic mass is 10.2. The third-order valence-corrected chi connectivity index (χ3v) is 5.54. The highest BCUT2D eigenvalue weighted by Gasteiger charge is 2.19. The van der Waals surface area contributed by atoms with Crippen LogP contribution in [0, 0.1) is 0 Å². The molecule has 6 heteroatoms. The third-order valence-electron chi connectivity index (χ3n) is 3.74. The number of ketones is 1. The lowest BCUT2D eigenvalue weighted by molar-refractivity contribution is 0.0742. The molecule has 3 heterocycles.